The Morgan fingerprint density at radius 2 is 1.97 bits per heavy atom. The molecule has 162 valence electrons. The van der Waals surface area contributed by atoms with Crippen molar-refractivity contribution in [1.82, 2.24) is 15.5 Å². The Morgan fingerprint density at radius 3 is 2.77 bits per heavy atom. The first kappa shape index (κ1) is 22.7. The number of hydrogen-bond acceptors (Lipinski definition) is 6. The Labute approximate surface area is 186 Å². The van der Waals surface area contributed by atoms with Crippen LogP contribution < -0.4 is 10.6 Å². The van der Waals surface area contributed by atoms with Gasteiger partial charge >= 0.3 is 0 Å². The molecule has 0 radical (unpaired) electrons. The van der Waals surface area contributed by atoms with Crippen molar-refractivity contribution in [3.63, 3.8) is 0 Å². The van der Waals surface area contributed by atoms with Crippen molar-refractivity contribution in [3.05, 3.63) is 34.8 Å². The molecule has 30 heavy (non-hydrogen) atoms. The molecule has 1 aliphatic carbocycles. The number of nitrogens with zero attached hydrogens (tertiary/aromatic N) is 2. The predicted molar refractivity (Wildman–Crippen MR) is 123 cm³/mol. The van der Waals surface area contributed by atoms with E-state index in [1.54, 1.807) is 6.07 Å². The molecule has 2 aromatic rings. The Kier molecular flexibility index (Phi) is 9.14. The predicted octanol–water partition coefficient (Wildman–Crippen LogP) is 4.92. The van der Waals surface area contributed by atoms with Crippen molar-refractivity contribution in [2.75, 3.05) is 17.6 Å². The van der Waals surface area contributed by atoms with Gasteiger partial charge in [-0.25, -0.2) is 0 Å². The monoisotopic (exact) mass is 446 g/mol. The average molecular weight is 447 g/mol. The number of aryl methyl sites for hydroxylation is 1. The number of anilines is 1. The molecule has 1 heterocycles. The summed E-state index contributed by atoms with van der Waals surface area (Å²) in [7, 11) is 0. The van der Waals surface area contributed by atoms with E-state index in [1.165, 1.54) is 55.2 Å². The van der Waals surface area contributed by atoms with Crippen LogP contribution in [0.3, 0.4) is 0 Å². The largest absolute Gasteiger partial charge is 0.355 e. The molecule has 0 atom stereocenters. The number of carbonyl (C=O) groups is 2. The lowest BCUT2D eigenvalue weighted by molar-refractivity contribution is -0.118. The number of benzene rings is 1. The van der Waals surface area contributed by atoms with Gasteiger partial charge in [0.25, 0.3) is 5.91 Å². The van der Waals surface area contributed by atoms with E-state index in [1.807, 2.05) is 18.2 Å². The summed E-state index contributed by atoms with van der Waals surface area (Å²) in [5.41, 5.74) is 0.549. The van der Waals surface area contributed by atoms with E-state index in [4.69, 9.17) is 0 Å². The van der Waals surface area contributed by atoms with Crippen LogP contribution in [0.25, 0.3) is 0 Å². The second kappa shape index (κ2) is 12.1. The highest BCUT2D eigenvalue weighted by Gasteiger charge is 2.17. The Bertz CT molecular complexity index is 834. The molecule has 0 bridgehead atoms. The first-order valence-electron chi connectivity index (χ1n) is 10.8. The molecule has 8 heteroatoms. The fourth-order valence-corrected chi connectivity index (χ4v) is 5.18. The van der Waals surface area contributed by atoms with E-state index in [0.29, 0.717) is 22.4 Å². The van der Waals surface area contributed by atoms with Gasteiger partial charge in [0.15, 0.2) is 0 Å². The standard InChI is InChI=1S/C22H30N4O2S2/c1-2-3-13-20-25-26-22(30-20)24-21(28)17-11-7-8-12-18(17)29-15-19(27)23-14-16-9-5-4-6-10-16/h7-8,11-12,16H,2-6,9-10,13-15H2,1H3,(H,23,27)(H,24,26,28). The molecular formula is C22H30N4O2S2. The van der Waals surface area contributed by atoms with Gasteiger partial charge in [-0.05, 0) is 37.3 Å². The van der Waals surface area contributed by atoms with Crippen LogP contribution in [0.4, 0.5) is 5.13 Å². The highest BCUT2D eigenvalue weighted by atomic mass is 32.2. The molecule has 0 aliphatic heterocycles. The molecule has 3 rings (SSSR count). The van der Waals surface area contributed by atoms with Crippen molar-refractivity contribution in [3.8, 4) is 0 Å². The maximum atomic E-state index is 12.7. The van der Waals surface area contributed by atoms with Gasteiger partial charge in [0.05, 0.1) is 11.3 Å². The topological polar surface area (TPSA) is 84.0 Å². The minimum absolute atomic E-state index is 0.0190. The smallest absolute Gasteiger partial charge is 0.258 e. The van der Waals surface area contributed by atoms with E-state index >= 15 is 0 Å². The summed E-state index contributed by atoms with van der Waals surface area (Å²) in [4.78, 5) is 25.8. The number of hydrogen-bond donors (Lipinski definition) is 2. The maximum Gasteiger partial charge on any atom is 0.258 e. The maximum absolute atomic E-state index is 12.7. The SMILES string of the molecule is CCCCc1nnc(NC(=O)c2ccccc2SCC(=O)NCC2CCCCC2)s1. The lowest BCUT2D eigenvalue weighted by atomic mass is 9.89. The van der Waals surface area contributed by atoms with Crippen LogP contribution >= 0.6 is 23.1 Å². The summed E-state index contributed by atoms with van der Waals surface area (Å²) in [6.45, 7) is 2.90. The Balaban J connectivity index is 1.51. The Hall–Kier alpha value is -1.93. The fourth-order valence-electron chi connectivity index (χ4n) is 3.52. The molecule has 0 spiro atoms. The zero-order valence-corrected chi connectivity index (χ0v) is 19.1. The van der Waals surface area contributed by atoms with Crippen molar-refractivity contribution in [2.24, 2.45) is 5.92 Å². The molecule has 1 aliphatic rings. The molecule has 0 saturated heterocycles. The van der Waals surface area contributed by atoms with Crippen molar-refractivity contribution in [1.29, 1.82) is 0 Å². The van der Waals surface area contributed by atoms with Crippen molar-refractivity contribution in [2.45, 2.75) is 63.2 Å². The fraction of sp³-hybridized carbons (Fsp3) is 0.545. The summed E-state index contributed by atoms with van der Waals surface area (Å²) in [5, 5.41) is 15.6. The van der Waals surface area contributed by atoms with E-state index in [0.717, 1.165) is 35.7 Å². The van der Waals surface area contributed by atoms with Gasteiger partial charge in [-0.2, -0.15) is 0 Å². The van der Waals surface area contributed by atoms with Gasteiger partial charge in [0, 0.05) is 17.9 Å². The van der Waals surface area contributed by atoms with Crippen LogP contribution in [0, 0.1) is 5.92 Å². The van der Waals surface area contributed by atoms with Crippen LogP contribution in [-0.4, -0.2) is 34.3 Å². The molecule has 2 amide bonds. The lowest BCUT2D eigenvalue weighted by Gasteiger charge is -2.21. The third-order valence-electron chi connectivity index (χ3n) is 5.23. The van der Waals surface area contributed by atoms with Crippen LogP contribution in [0.1, 0.15) is 67.2 Å². The highest BCUT2D eigenvalue weighted by Crippen LogP contribution is 2.25. The minimum atomic E-state index is -0.223. The van der Waals surface area contributed by atoms with Crippen LogP contribution in [0.15, 0.2) is 29.2 Å². The van der Waals surface area contributed by atoms with Gasteiger partial charge in [-0.1, -0.05) is 56.1 Å². The van der Waals surface area contributed by atoms with Gasteiger partial charge < -0.3 is 5.32 Å². The summed E-state index contributed by atoms with van der Waals surface area (Å²) < 4.78 is 0. The summed E-state index contributed by atoms with van der Waals surface area (Å²) in [6.07, 6.45) is 9.32. The number of thioether (sulfide) groups is 1. The summed E-state index contributed by atoms with van der Waals surface area (Å²) in [5.74, 6) is 0.709. The molecule has 1 aromatic carbocycles. The van der Waals surface area contributed by atoms with E-state index < -0.39 is 0 Å². The van der Waals surface area contributed by atoms with Crippen molar-refractivity contribution >= 4 is 40.0 Å². The summed E-state index contributed by atoms with van der Waals surface area (Å²) >= 11 is 2.81. The molecule has 1 saturated carbocycles. The quantitative estimate of drug-likeness (QED) is 0.506. The molecule has 0 unspecified atom stereocenters. The number of amides is 2. The zero-order chi connectivity index (χ0) is 21.2. The first-order chi connectivity index (χ1) is 14.7. The number of aromatic nitrogens is 2. The summed E-state index contributed by atoms with van der Waals surface area (Å²) in [6, 6.07) is 7.36. The van der Waals surface area contributed by atoms with E-state index in [2.05, 4.69) is 27.8 Å². The van der Waals surface area contributed by atoms with Crippen LogP contribution in [0.2, 0.25) is 0 Å². The molecule has 2 N–H and O–H groups in total. The third-order valence-corrected chi connectivity index (χ3v) is 7.21. The minimum Gasteiger partial charge on any atom is -0.355 e. The average Bonchev–Trinajstić information content (AvgIpc) is 3.22. The van der Waals surface area contributed by atoms with Crippen LogP contribution in [-0.2, 0) is 11.2 Å². The van der Waals surface area contributed by atoms with Gasteiger partial charge in [-0.3, -0.25) is 14.9 Å². The third kappa shape index (κ3) is 7.09. The zero-order valence-electron chi connectivity index (χ0n) is 17.5. The number of unbranched alkanes of at least 4 members (excludes halogenated alkanes) is 1. The molecule has 1 aromatic heterocycles. The number of carbonyl (C=O) groups excluding carboxylic acids is 2. The van der Waals surface area contributed by atoms with Crippen molar-refractivity contribution < 1.29 is 9.59 Å². The lowest BCUT2D eigenvalue weighted by Crippen LogP contribution is -2.31. The highest BCUT2D eigenvalue weighted by molar-refractivity contribution is 8.00. The number of nitrogens with one attached hydrogen (secondary N) is 2. The molecule has 1 fully saturated rings. The molecular weight excluding hydrogens is 416 g/mol. The second-order valence-corrected chi connectivity index (χ2v) is 9.73. The normalized spacial score (nSPS) is 14.4. The second-order valence-electron chi connectivity index (χ2n) is 7.65. The van der Waals surface area contributed by atoms with E-state index in [-0.39, 0.29) is 11.8 Å². The van der Waals surface area contributed by atoms with Gasteiger partial charge in [-0.15, -0.1) is 22.0 Å². The molecule has 6 nitrogen and oxygen atoms in total. The first-order valence-corrected chi connectivity index (χ1v) is 12.6. The van der Waals surface area contributed by atoms with Gasteiger partial charge in [0.2, 0.25) is 11.0 Å². The van der Waals surface area contributed by atoms with Gasteiger partial charge in [0.1, 0.15) is 5.01 Å². The Morgan fingerprint density at radius 1 is 1.17 bits per heavy atom. The van der Waals surface area contributed by atoms with E-state index in [9.17, 15) is 9.59 Å². The number of rotatable bonds is 10. The van der Waals surface area contributed by atoms with Crippen LogP contribution in [0.5, 0.6) is 0 Å².